The summed E-state index contributed by atoms with van der Waals surface area (Å²) in [6.45, 7) is 8.13. The first-order valence-corrected chi connectivity index (χ1v) is 16.7. The lowest BCUT2D eigenvalue weighted by molar-refractivity contribution is -0.378. The summed E-state index contributed by atoms with van der Waals surface area (Å²) < 4.78 is 27.2. The predicted molar refractivity (Wildman–Crippen MR) is 169 cm³/mol. The van der Waals surface area contributed by atoms with Gasteiger partial charge in [-0.1, -0.05) is 106 Å². The Morgan fingerprint density at radius 3 is 1.76 bits per heavy atom. The topological polar surface area (TPSA) is 147 Å². The van der Waals surface area contributed by atoms with E-state index >= 15 is 0 Å². The van der Waals surface area contributed by atoms with Crippen LogP contribution in [0, 0.1) is 0 Å². The lowest BCUT2D eigenvalue weighted by atomic mass is 9.94. The molecule has 1 aliphatic heterocycles. The van der Waals surface area contributed by atoms with Crippen molar-refractivity contribution in [2.45, 2.75) is 80.4 Å². The van der Waals surface area contributed by atoms with E-state index in [1.54, 1.807) is 81.4 Å². The lowest BCUT2D eigenvalue weighted by Crippen LogP contribution is -2.88. The minimum absolute atomic E-state index is 0.357. The van der Waals surface area contributed by atoms with Crippen LogP contribution in [0.2, 0.25) is 0 Å². The van der Waals surface area contributed by atoms with E-state index in [9.17, 15) is 24.3 Å². The van der Waals surface area contributed by atoms with Gasteiger partial charge in [0.2, 0.25) is 5.22 Å². The number of hydrogen-bond donors (Lipinski definition) is 2. The van der Waals surface area contributed by atoms with Gasteiger partial charge in [-0.05, 0) is 20.8 Å². The maximum absolute atomic E-state index is 13.3. The maximum Gasteiger partial charge on any atom is 0.303 e. The molecule has 1 fully saturated rings. The smallest absolute Gasteiger partial charge is 0.303 e. The second-order valence-electron chi connectivity index (χ2n) is 11.4. The van der Waals surface area contributed by atoms with E-state index < -0.39 is 71.5 Å². The molecule has 11 nitrogen and oxygen atoms in total. The van der Waals surface area contributed by atoms with Crippen molar-refractivity contribution in [3.8, 4) is 0 Å². The van der Waals surface area contributed by atoms with Crippen LogP contribution in [0.4, 0.5) is 0 Å². The zero-order chi connectivity index (χ0) is 33.8. The second-order valence-corrected chi connectivity index (χ2v) is 16.8. The number of carbonyl (C=O) groups is 4. The largest absolute Gasteiger partial charge is 0.456 e. The molecule has 1 heterocycles. The Kier molecular flexibility index (Phi) is 11.7. The molecule has 3 rings (SSSR count). The van der Waals surface area contributed by atoms with Gasteiger partial charge in [0.1, 0.15) is 6.10 Å². The van der Waals surface area contributed by atoms with Crippen LogP contribution in [0.3, 0.4) is 0 Å². The number of alkyl halides is 3. The van der Waals surface area contributed by atoms with Gasteiger partial charge >= 0.3 is 17.9 Å². The Morgan fingerprint density at radius 2 is 1.36 bits per heavy atom. The van der Waals surface area contributed by atoms with Gasteiger partial charge in [-0.2, -0.15) is 0 Å². The zero-order valence-corrected chi connectivity index (χ0v) is 29.0. The molecule has 0 spiro atoms. The fourth-order valence-corrected chi connectivity index (χ4v) is 9.38. The van der Waals surface area contributed by atoms with Crippen molar-refractivity contribution in [3.05, 3.63) is 60.7 Å². The third-order valence-corrected chi connectivity index (χ3v) is 11.1. The van der Waals surface area contributed by atoms with Crippen molar-refractivity contribution in [1.82, 2.24) is 5.32 Å². The van der Waals surface area contributed by atoms with Gasteiger partial charge < -0.3 is 28.8 Å². The number of benzene rings is 2. The van der Waals surface area contributed by atoms with Crippen LogP contribution in [-0.4, -0.2) is 83.2 Å². The molecule has 5 atom stereocenters. The molecule has 2 aromatic rings. The molecule has 1 amide bonds. The fraction of sp³-hybridized carbons (Fsp3) is 0.467. The van der Waals surface area contributed by atoms with E-state index in [0.717, 1.165) is 20.8 Å². The number of halogens is 3. The molecule has 2 aromatic carbocycles. The quantitative estimate of drug-likeness (QED) is 0.131. The minimum Gasteiger partial charge on any atom is -0.456 e. The highest BCUT2D eigenvalue weighted by Gasteiger charge is 2.75. The first-order chi connectivity index (χ1) is 20.8. The molecule has 0 radical (unpaired) electrons. The molecule has 1 unspecified atom stereocenters. The Hall–Kier alpha value is -2.71. The lowest BCUT2D eigenvalue weighted by Gasteiger charge is -2.58. The van der Waals surface area contributed by atoms with Crippen LogP contribution >= 0.6 is 34.8 Å². The molecular weight excluding hydrogens is 669 g/mol. The number of aliphatic hydroxyl groups is 1. The maximum atomic E-state index is 13.3. The summed E-state index contributed by atoms with van der Waals surface area (Å²) in [5.74, 6) is -7.11. The van der Waals surface area contributed by atoms with E-state index in [1.807, 2.05) is 0 Å². The zero-order valence-electron chi connectivity index (χ0n) is 25.5. The number of ether oxygens (including phenoxy) is 5. The number of nitrogens with one attached hydrogen (secondary N) is 1. The number of hydrogen-bond acceptors (Lipinski definition) is 10. The van der Waals surface area contributed by atoms with Crippen LogP contribution in [0.5, 0.6) is 0 Å². The SMILES string of the molecule is CC(=O)O[C@H]1[C@@H](COC(C)(C)C)OC(O)(NC(=O)C(Cl)(Cl)Cl)[C@](OC(C)=O)([SiH](c2ccccc2)c2ccccc2)[C@H]1OC(C)=O. The second kappa shape index (κ2) is 14.4. The highest BCUT2D eigenvalue weighted by molar-refractivity contribution is 6.88. The van der Waals surface area contributed by atoms with Crippen LogP contribution in [-0.2, 0) is 42.9 Å². The minimum atomic E-state index is -3.41. The van der Waals surface area contributed by atoms with E-state index in [2.05, 4.69) is 5.32 Å². The normalized spacial score (nSPS) is 25.3. The average molecular weight is 705 g/mol. The highest BCUT2D eigenvalue weighted by Crippen LogP contribution is 2.44. The summed E-state index contributed by atoms with van der Waals surface area (Å²) in [6.07, 6.45) is -4.77. The van der Waals surface area contributed by atoms with Crippen molar-refractivity contribution in [2.24, 2.45) is 0 Å². The molecule has 246 valence electrons. The van der Waals surface area contributed by atoms with Gasteiger partial charge in [0.15, 0.2) is 21.0 Å². The van der Waals surface area contributed by atoms with Crippen LogP contribution in [0.1, 0.15) is 41.5 Å². The molecule has 2 N–H and O–H groups in total. The first-order valence-electron chi connectivity index (χ1n) is 13.9. The summed E-state index contributed by atoms with van der Waals surface area (Å²) in [5.41, 5.74) is -0.768. The highest BCUT2D eigenvalue weighted by atomic mass is 35.6. The van der Waals surface area contributed by atoms with Crippen molar-refractivity contribution in [1.29, 1.82) is 0 Å². The van der Waals surface area contributed by atoms with Crippen molar-refractivity contribution in [3.63, 3.8) is 0 Å². The van der Waals surface area contributed by atoms with Gasteiger partial charge in [0.25, 0.3) is 15.6 Å². The number of rotatable bonds is 9. The van der Waals surface area contributed by atoms with E-state index in [0.29, 0.717) is 10.4 Å². The molecule has 45 heavy (non-hydrogen) atoms. The van der Waals surface area contributed by atoms with Gasteiger partial charge in [0.05, 0.1) is 12.2 Å². The first kappa shape index (κ1) is 36.8. The Morgan fingerprint density at radius 1 is 0.867 bits per heavy atom. The number of amides is 1. The molecule has 1 aliphatic rings. The monoisotopic (exact) mass is 703 g/mol. The summed E-state index contributed by atoms with van der Waals surface area (Å²) >= 11 is 17.8. The Balaban J connectivity index is 2.52. The standard InChI is InChI=1S/C30H36Cl3NO10Si/c1-18(35)41-24-23(17-40-27(4,5)6)44-30(39,34-26(38)29(31,32)33)28(43-20(3)37,25(24)42-19(2)36)45(21-13-9-7-10-14-21)22-15-11-8-12-16-22/h7-16,23-25,39,45H,17H2,1-6H3,(H,34,38)/t23-,24+,25+,28-,30?/m1/s1. The van der Waals surface area contributed by atoms with E-state index in [-0.39, 0.29) is 6.61 Å². The van der Waals surface area contributed by atoms with Gasteiger partial charge in [-0.25, -0.2) is 0 Å². The van der Waals surface area contributed by atoms with Gasteiger partial charge in [0, 0.05) is 20.8 Å². The van der Waals surface area contributed by atoms with Crippen LogP contribution in [0.15, 0.2) is 60.7 Å². The third kappa shape index (κ3) is 8.76. The average Bonchev–Trinajstić information content (AvgIpc) is 2.91. The molecule has 0 saturated carbocycles. The predicted octanol–water partition coefficient (Wildman–Crippen LogP) is 2.08. The summed E-state index contributed by atoms with van der Waals surface area (Å²) in [6, 6.07) is 17.2. The van der Waals surface area contributed by atoms with Gasteiger partial charge in [-0.15, -0.1) is 0 Å². The van der Waals surface area contributed by atoms with Crippen molar-refractivity contribution < 1.29 is 48.0 Å². The van der Waals surface area contributed by atoms with E-state index in [4.69, 9.17) is 58.5 Å². The molecular formula is C30H36Cl3NO10Si. The van der Waals surface area contributed by atoms with E-state index in [1.165, 1.54) is 0 Å². The Bertz CT molecular complexity index is 1330. The van der Waals surface area contributed by atoms with Crippen molar-refractivity contribution in [2.75, 3.05) is 6.61 Å². The molecule has 1 saturated heterocycles. The van der Waals surface area contributed by atoms with Crippen LogP contribution < -0.4 is 15.7 Å². The summed E-state index contributed by atoms with van der Waals surface area (Å²) in [4.78, 5) is 51.8. The summed E-state index contributed by atoms with van der Waals surface area (Å²) in [7, 11) is -3.41. The molecule has 0 aliphatic carbocycles. The number of esters is 3. The van der Waals surface area contributed by atoms with Crippen LogP contribution in [0.25, 0.3) is 0 Å². The summed E-state index contributed by atoms with van der Waals surface area (Å²) in [5, 5.41) is 13.5. The fourth-order valence-electron chi connectivity index (χ4n) is 5.25. The Labute approximate surface area is 277 Å². The molecule has 0 bridgehead atoms. The molecule has 0 aromatic heterocycles. The number of carbonyl (C=O) groups excluding carboxylic acids is 4. The van der Waals surface area contributed by atoms with Gasteiger partial charge in [-0.3, -0.25) is 24.5 Å². The van der Waals surface area contributed by atoms with Crippen molar-refractivity contribution >= 4 is 77.8 Å². The third-order valence-electron chi connectivity index (χ3n) is 6.76. The molecule has 15 heteroatoms.